The first-order chi connectivity index (χ1) is 11.0. The number of carbonyl (C=O) groups excluding carboxylic acids is 3. The number of carbonyl (C=O) groups is 3. The van der Waals surface area contributed by atoms with Crippen molar-refractivity contribution < 1.29 is 23.9 Å². The highest BCUT2D eigenvalue weighted by Gasteiger charge is 2.37. The molecule has 0 spiro atoms. The van der Waals surface area contributed by atoms with E-state index in [2.05, 4.69) is 5.18 Å². The smallest absolute Gasteiger partial charge is 0.350 e. The lowest BCUT2D eigenvalue weighted by Gasteiger charge is -2.24. The van der Waals surface area contributed by atoms with Crippen LogP contribution in [0.3, 0.4) is 0 Å². The first-order valence-corrected chi connectivity index (χ1v) is 7.41. The maximum absolute atomic E-state index is 12.1. The Labute approximate surface area is 144 Å². The van der Waals surface area contributed by atoms with Crippen LogP contribution in [-0.4, -0.2) is 35.3 Å². The molecule has 0 saturated carbocycles. The largest absolute Gasteiger partial charge is 0.476 e. The molecule has 0 fully saturated rings. The highest BCUT2D eigenvalue weighted by Crippen LogP contribution is 2.21. The first kappa shape index (κ1) is 19.8. The van der Waals surface area contributed by atoms with E-state index < -0.39 is 35.3 Å². The number of rotatable bonds is 8. The molecule has 8 heteroatoms. The topological polar surface area (TPSA) is 99.1 Å². The van der Waals surface area contributed by atoms with Crippen LogP contribution in [0, 0.1) is 4.91 Å². The Kier molecular flexibility index (Phi) is 6.20. The Morgan fingerprint density at radius 1 is 1.08 bits per heavy atom. The standard InChI is InChI=1S/C16H18ClNO6/c1-15(2,18-22)13(20)12(19)9-23-14(21)16(3,4)24-11-7-5-10(17)6-8-11/h5-8H,9H2,1-4H3. The number of esters is 1. The van der Waals surface area contributed by atoms with Crippen LogP contribution in [0.2, 0.25) is 5.02 Å². The van der Waals surface area contributed by atoms with Crippen LogP contribution in [0.25, 0.3) is 0 Å². The molecular weight excluding hydrogens is 338 g/mol. The Morgan fingerprint density at radius 2 is 1.62 bits per heavy atom. The summed E-state index contributed by atoms with van der Waals surface area (Å²) in [5.74, 6) is -2.50. The van der Waals surface area contributed by atoms with E-state index in [-0.39, 0.29) is 0 Å². The summed E-state index contributed by atoms with van der Waals surface area (Å²) in [5, 5.41) is 3.10. The number of nitrogens with zero attached hydrogens (tertiary/aromatic N) is 1. The number of hydrogen-bond acceptors (Lipinski definition) is 7. The molecule has 0 aliphatic rings. The van der Waals surface area contributed by atoms with Crippen LogP contribution in [0.15, 0.2) is 29.4 Å². The van der Waals surface area contributed by atoms with E-state index in [1.807, 2.05) is 0 Å². The average molecular weight is 356 g/mol. The third-order valence-corrected chi connectivity index (χ3v) is 3.30. The van der Waals surface area contributed by atoms with Crippen molar-refractivity contribution in [3.63, 3.8) is 0 Å². The van der Waals surface area contributed by atoms with Crippen LogP contribution in [0.1, 0.15) is 27.7 Å². The molecule has 0 radical (unpaired) electrons. The summed E-state index contributed by atoms with van der Waals surface area (Å²) in [6.07, 6.45) is 0. The summed E-state index contributed by atoms with van der Waals surface area (Å²) in [5.41, 5.74) is -3.09. The fourth-order valence-corrected chi connectivity index (χ4v) is 1.72. The fraction of sp³-hybridized carbons (Fsp3) is 0.438. The van der Waals surface area contributed by atoms with Gasteiger partial charge in [0.15, 0.2) is 17.7 Å². The lowest BCUT2D eigenvalue weighted by Crippen LogP contribution is -2.42. The molecule has 0 N–H and O–H groups in total. The molecule has 0 aliphatic carbocycles. The van der Waals surface area contributed by atoms with Crippen LogP contribution in [-0.2, 0) is 19.1 Å². The second-order valence-electron chi connectivity index (χ2n) is 6.05. The van der Waals surface area contributed by atoms with Gasteiger partial charge in [-0.25, -0.2) is 4.79 Å². The van der Waals surface area contributed by atoms with Gasteiger partial charge < -0.3 is 9.47 Å². The second-order valence-corrected chi connectivity index (χ2v) is 6.48. The number of Topliss-reactive ketones (excluding diaryl/α,β-unsaturated/α-hetero) is 2. The minimum absolute atomic E-state index is 0.384. The van der Waals surface area contributed by atoms with Crippen LogP contribution >= 0.6 is 11.6 Å². The number of nitroso groups, excluding NO2 is 1. The average Bonchev–Trinajstić information content (AvgIpc) is 2.53. The van der Waals surface area contributed by atoms with Crippen molar-refractivity contribution >= 4 is 29.1 Å². The summed E-state index contributed by atoms with van der Waals surface area (Å²) in [7, 11) is 0. The van der Waals surface area contributed by atoms with Crippen molar-refractivity contribution in [1.29, 1.82) is 0 Å². The second kappa shape index (κ2) is 7.53. The third kappa shape index (κ3) is 5.13. The molecule has 1 aromatic rings. The van der Waals surface area contributed by atoms with Gasteiger partial charge in [-0.05, 0) is 52.0 Å². The number of benzene rings is 1. The molecule has 130 valence electrons. The number of hydrogen-bond donors (Lipinski definition) is 0. The zero-order valence-corrected chi connectivity index (χ0v) is 14.5. The van der Waals surface area contributed by atoms with Crippen molar-refractivity contribution in [3.05, 3.63) is 34.2 Å². The Balaban J connectivity index is 2.66. The predicted octanol–water partition coefficient (Wildman–Crippen LogP) is 2.72. The Morgan fingerprint density at radius 3 is 2.12 bits per heavy atom. The van der Waals surface area contributed by atoms with Gasteiger partial charge in [0.25, 0.3) is 0 Å². The molecule has 7 nitrogen and oxygen atoms in total. The number of ether oxygens (including phenoxy) is 2. The molecule has 0 atom stereocenters. The summed E-state index contributed by atoms with van der Waals surface area (Å²) in [4.78, 5) is 46.0. The highest BCUT2D eigenvalue weighted by atomic mass is 35.5. The lowest BCUT2D eigenvalue weighted by atomic mass is 9.97. The molecule has 0 bridgehead atoms. The SMILES string of the molecule is CC(C)(N=O)C(=O)C(=O)COC(=O)C(C)(C)Oc1ccc(Cl)cc1. The summed E-state index contributed by atoms with van der Waals surface area (Å²) < 4.78 is 10.3. The third-order valence-electron chi connectivity index (χ3n) is 3.05. The van der Waals surface area contributed by atoms with Gasteiger partial charge in [0.1, 0.15) is 5.75 Å². The Hall–Kier alpha value is -2.28. The molecule has 0 unspecified atom stereocenters. The van der Waals surface area contributed by atoms with Gasteiger partial charge in [-0.1, -0.05) is 16.8 Å². The van der Waals surface area contributed by atoms with E-state index in [9.17, 15) is 19.3 Å². The van der Waals surface area contributed by atoms with Crippen molar-refractivity contribution in [2.45, 2.75) is 38.8 Å². The molecular formula is C16H18ClNO6. The molecule has 0 aliphatic heterocycles. The van der Waals surface area contributed by atoms with Crippen LogP contribution in [0.4, 0.5) is 0 Å². The van der Waals surface area contributed by atoms with Gasteiger partial charge in [-0.15, -0.1) is 4.91 Å². The number of halogens is 1. The molecule has 1 aromatic carbocycles. The van der Waals surface area contributed by atoms with Crippen LogP contribution in [0.5, 0.6) is 5.75 Å². The molecule has 0 saturated heterocycles. The maximum atomic E-state index is 12.1. The first-order valence-electron chi connectivity index (χ1n) is 7.03. The van der Waals surface area contributed by atoms with Crippen molar-refractivity contribution in [1.82, 2.24) is 0 Å². The van der Waals surface area contributed by atoms with E-state index in [4.69, 9.17) is 21.1 Å². The molecule has 0 heterocycles. The summed E-state index contributed by atoms with van der Waals surface area (Å²) >= 11 is 5.76. The van der Waals surface area contributed by atoms with E-state index >= 15 is 0 Å². The van der Waals surface area contributed by atoms with Gasteiger partial charge in [-0.2, -0.15) is 0 Å². The van der Waals surface area contributed by atoms with E-state index in [1.54, 1.807) is 24.3 Å². The van der Waals surface area contributed by atoms with Crippen molar-refractivity contribution in [2.24, 2.45) is 5.18 Å². The normalized spacial score (nSPS) is 11.5. The summed E-state index contributed by atoms with van der Waals surface area (Å²) in [6.45, 7) is 4.52. The zero-order chi connectivity index (χ0) is 18.5. The summed E-state index contributed by atoms with van der Waals surface area (Å²) in [6, 6.07) is 6.33. The van der Waals surface area contributed by atoms with E-state index in [0.717, 1.165) is 0 Å². The number of ketones is 2. The van der Waals surface area contributed by atoms with Crippen molar-refractivity contribution in [3.8, 4) is 5.75 Å². The molecule has 1 rings (SSSR count). The zero-order valence-electron chi connectivity index (χ0n) is 13.8. The van der Waals surface area contributed by atoms with Gasteiger partial charge in [0.05, 0.1) is 0 Å². The quantitative estimate of drug-likeness (QED) is 0.404. The molecule has 0 amide bonds. The lowest BCUT2D eigenvalue weighted by molar-refractivity contribution is -0.162. The monoisotopic (exact) mass is 355 g/mol. The Bertz CT molecular complexity index is 651. The minimum atomic E-state index is -1.70. The van der Waals surface area contributed by atoms with Gasteiger partial charge in [-0.3, -0.25) is 9.59 Å². The van der Waals surface area contributed by atoms with Gasteiger partial charge in [0, 0.05) is 5.02 Å². The fourth-order valence-electron chi connectivity index (χ4n) is 1.59. The maximum Gasteiger partial charge on any atom is 0.350 e. The van der Waals surface area contributed by atoms with Gasteiger partial charge >= 0.3 is 5.97 Å². The molecule has 24 heavy (non-hydrogen) atoms. The highest BCUT2D eigenvalue weighted by molar-refractivity contribution is 6.41. The van der Waals surface area contributed by atoms with E-state index in [1.165, 1.54) is 27.7 Å². The molecule has 0 aromatic heterocycles. The van der Waals surface area contributed by atoms with Gasteiger partial charge in [0.2, 0.25) is 11.6 Å². The minimum Gasteiger partial charge on any atom is -0.476 e. The predicted molar refractivity (Wildman–Crippen MR) is 87.0 cm³/mol. The van der Waals surface area contributed by atoms with Crippen molar-refractivity contribution in [2.75, 3.05) is 6.61 Å². The van der Waals surface area contributed by atoms with E-state index in [0.29, 0.717) is 10.8 Å². The van der Waals surface area contributed by atoms with Crippen LogP contribution < -0.4 is 4.74 Å².